The maximum absolute atomic E-state index is 12.8. The van der Waals surface area contributed by atoms with E-state index in [9.17, 15) is 9.59 Å². The van der Waals surface area contributed by atoms with E-state index in [0.29, 0.717) is 16.3 Å². The monoisotopic (exact) mass is 455 g/mol. The molecule has 0 radical (unpaired) electrons. The molecular formula is C23H25N3O5S. The second-order valence-corrected chi connectivity index (χ2v) is 8.38. The van der Waals surface area contributed by atoms with E-state index >= 15 is 0 Å². The molecule has 1 aliphatic carbocycles. The molecular weight excluding hydrogens is 430 g/mol. The minimum absolute atomic E-state index is 0.154. The number of aromatic nitrogens is 2. The van der Waals surface area contributed by atoms with Crippen LogP contribution in [0.1, 0.15) is 51.1 Å². The van der Waals surface area contributed by atoms with Gasteiger partial charge in [0.1, 0.15) is 16.5 Å². The van der Waals surface area contributed by atoms with Crippen molar-refractivity contribution in [1.29, 1.82) is 0 Å². The number of carbonyl (C=O) groups excluding carboxylic acids is 2. The Balaban J connectivity index is 1.45. The fraction of sp³-hybridized carbons (Fsp3) is 0.348. The lowest BCUT2D eigenvalue weighted by atomic mass is 9.95. The number of nitrogens with zero attached hydrogens (tertiary/aromatic N) is 2. The first-order valence-corrected chi connectivity index (χ1v) is 11.3. The molecule has 0 fully saturated rings. The Morgan fingerprint density at radius 3 is 2.62 bits per heavy atom. The Labute approximate surface area is 190 Å². The lowest BCUT2D eigenvalue weighted by Crippen LogP contribution is -2.17. The lowest BCUT2D eigenvalue weighted by molar-refractivity contribution is 0.0526. The fourth-order valence-electron chi connectivity index (χ4n) is 3.61. The van der Waals surface area contributed by atoms with Crippen molar-refractivity contribution in [3.8, 4) is 11.5 Å². The van der Waals surface area contributed by atoms with E-state index in [0.717, 1.165) is 41.9 Å². The topological polar surface area (TPSA) is 91.7 Å². The minimum Gasteiger partial charge on any atom is -0.497 e. The van der Waals surface area contributed by atoms with Gasteiger partial charge >= 0.3 is 5.97 Å². The van der Waals surface area contributed by atoms with Crippen LogP contribution in [0.2, 0.25) is 0 Å². The molecule has 2 aromatic heterocycles. The number of fused-ring (bicyclic) bond motifs is 1. The summed E-state index contributed by atoms with van der Waals surface area (Å²) in [5, 5.41) is 7.69. The van der Waals surface area contributed by atoms with Crippen LogP contribution in [-0.2, 0) is 24.3 Å². The van der Waals surface area contributed by atoms with Crippen molar-refractivity contribution >= 4 is 28.2 Å². The number of esters is 1. The van der Waals surface area contributed by atoms with Gasteiger partial charge in [-0.05, 0) is 68.5 Å². The predicted octanol–water partition coefficient (Wildman–Crippen LogP) is 4.30. The van der Waals surface area contributed by atoms with Crippen molar-refractivity contribution in [2.75, 3.05) is 19.0 Å². The van der Waals surface area contributed by atoms with Gasteiger partial charge < -0.3 is 19.5 Å². The van der Waals surface area contributed by atoms with E-state index in [1.807, 2.05) is 0 Å². The summed E-state index contributed by atoms with van der Waals surface area (Å²) in [6.45, 7) is 2.21. The molecule has 0 saturated heterocycles. The Hall–Kier alpha value is -3.33. The van der Waals surface area contributed by atoms with E-state index in [-0.39, 0.29) is 30.9 Å². The Bertz CT molecular complexity index is 1100. The van der Waals surface area contributed by atoms with Crippen molar-refractivity contribution in [2.24, 2.45) is 0 Å². The number of hydrogen-bond acceptors (Lipinski definition) is 7. The molecule has 0 aliphatic heterocycles. The maximum Gasteiger partial charge on any atom is 0.341 e. The fourth-order valence-corrected chi connectivity index (χ4v) is 4.88. The highest BCUT2D eigenvalue weighted by Gasteiger charge is 2.27. The number of methoxy groups -OCH3 is 1. The van der Waals surface area contributed by atoms with E-state index in [1.165, 1.54) is 16.0 Å². The highest BCUT2D eigenvalue weighted by Crippen LogP contribution is 2.38. The van der Waals surface area contributed by atoms with Gasteiger partial charge in [0, 0.05) is 11.1 Å². The molecule has 0 saturated carbocycles. The molecule has 0 atom stereocenters. The summed E-state index contributed by atoms with van der Waals surface area (Å²) >= 11 is 1.45. The van der Waals surface area contributed by atoms with Crippen LogP contribution in [0.4, 0.5) is 5.00 Å². The van der Waals surface area contributed by atoms with Crippen LogP contribution in [0.5, 0.6) is 11.5 Å². The second-order valence-electron chi connectivity index (χ2n) is 7.28. The first-order chi connectivity index (χ1) is 15.6. The van der Waals surface area contributed by atoms with Gasteiger partial charge in [-0.1, -0.05) is 0 Å². The summed E-state index contributed by atoms with van der Waals surface area (Å²) in [6, 6.07) is 8.82. The number of rotatable bonds is 8. The van der Waals surface area contributed by atoms with Crippen LogP contribution in [0.25, 0.3) is 0 Å². The highest BCUT2D eigenvalue weighted by molar-refractivity contribution is 7.17. The summed E-state index contributed by atoms with van der Waals surface area (Å²) in [6.07, 6.45) is 5.53. The van der Waals surface area contributed by atoms with Crippen molar-refractivity contribution in [3.05, 3.63) is 58.2 Å². The number of thiophene rings is 1. The SMILES string of the molecule is CCOC(=O)c1c(NC(=O)c2ccn(COc3ccc(OC)cc3)n2)sc2c1CCCC2. The number of benzene rings is 1. The van der Waals surface area contributed by atoms with E-state index in [4.69, 9.17) is 14.2 Å². The van der Waals surface area contributed by atoms with Crippen molar-refractivity contribution < 1.29 is 23.8 Å². The third kappa shape index (κ3) is 4.77. The van der Waals surface area contributed by atoms with Crippen LogP contribution in [0.3, 0.4) is 0 Å². The van der Waals surface area contributed by atoms with Crippen molar-refractivity contribution in [2.45, 2.75) is 39.3 Å². The summed E-state index contributed by atoms with van der Waals surface area (Å²) in [5.74, 6) is 0.640. The maximum atomic E-state index is 12.8. The molecule has 8 nitrogen and oxygen atoms in total. The van der Waals surface area contributed by atoms with Crippen molar-refractivity contribution in [1.82, 2.24) is 9.78 Å². The molecule has 32 heavy (non-hydrogen) atoms. The Morgan fingerprint density at radius 2 is 1.88 bits per heavy atom. The zero-order valence-electron chi connectivity index (χ0n) is 18.1. The number of aryl methyl sites for hydroxylation is 1. The summed E-state index contributed by atoms with van der Waals surface area (Å²) < 4.78 is 17.6. The number of ether oxygens (including phenoxy) is 3. The van der Waals surface area contributed by atoms with Crippen LogP contribution >= 0.6 is 11.3 Å². The van der Waals surface area contributed by atoms with E-state index < -0.39 is 0 Å². The predicted molar refractivity (Wildman–Crippen MR) is 121 cm³/mol. The van der Waals surface area contributed by atoms with E-state index in [1.54, 1.807) is 50.6 Å². The number of amides is 1. The normalized spacial score (nSPS) is 12.7. The molecule has 3 aromatic rings. The number of anilines is 1. The van der Waals surface area contributed by atoms with Crippen molar-refractivity contribution in [3.63, 3.8) is 0 Å². The zero-order chi connectivity index (χ0) is 22.5. The molecule has 9 heteroatoms. The Kier molecular flexibility index (Phi) is 6.75. The van der Waals surface area contributed by atoms with Gasteiger partial charge in [0.15, 0.2) is 12.4 Å². The average Bonchev–Trinajstić information content (AvgIpc) is 3.42. The molecule has 4 rings (SSSR count). The molecule has 2 heterocycles. The molecule has 1 N–H and O–H groups in total. The number of carbonyl (C=O) groups is 2. The average molecular weight is 456 g/mol. The van der Waals surface area contributed by atoms with Gasteiger partial charge in [0.25, 0.3) is 5.91 Å². The largest absolute Gasteiger partial charge is 0.497 e. The molecule has 0 unspecified atom stereocenters. The van der Waals surface area contributed by atoms with Crippen LogP contribution in [-0.4, -0.2) is 35.4 Å². The first kappa shape index (κ1) is 21.9. The summed E-state index contributed by atoms with van der Waals surface area (Å²) in [5.41, 5.74) is 1.74. The van der Waals surface area contributed by atoms with Gasteiger partial charge in [-0.25, -0.2) is 9.48 Å². The second kappa shape index (κ2) is 9.86. The Morgan fingerprint density at radius 1 is 1.12 bits per heavy atom. The van der Waals surface area contributed by atoms with Gasteiger partial charge in [-0.2, -0.15) is 5.10 Å². The number of nitrogens with one attached hydrogen (secondary N) is 1. The third-order valence-electron chi connectivity index (χ3n) is 5.17. The zero-order valence-corrected chi connectivity index (χ0v) is 18.9. The van der Waals surface area contributed by atoms with Crippen LogP contribution in [0.15, 0.2) is 36.5 Å². The highest BCUT2D eigenvalue weighted by atomic mass is 32.1. The summed E-state index contributed by atoms with van der Waals surface area (Å²) in [7, 11) is 1.60. The van der Waals surface area contributed by atoms with Gasteiger partial charge in [-0.3, -0.25) is 4.79 Å². The van der Waals surface area contributed by atoms with Gasteiger partial charge in [-0.15, -0.1) is 11.3 Å². The number of hydrogen-bond donors (Lipinski definition) is 1. The molecule has 168 valence electrons. The molecule has 1 aromatic carbocycles. The lowest BCUT2D eigenvalue weighted by Gasteiger charge is -2.12. The smallest absolute Gasteiger partial charge is 0.341 e. The van der Waals surface area contributed by atoms with Crippen LogP contribution < -0.4 is 14.8 Å². The van der Waals surface area contributed by atoms with Gasteiger partial charge in [0.2, 0.25) is 0 Å². The van der Waals surface area contributed by atoms with Crippen LogP contribution in [0, 0.1) is 0 Å². The standard InChI is InChI=1S/C23H25N3O5S/c1-3-30-23(28)20-17-6-4-5-7-19(17)32-22(20)24-21(27)18-12-13-26(25-18)14-31-16-10-8-15(29-2)9-11-16/h8-13H,3-7,14H2,1-2H3,(H,24,27). The third-order valence-corrected chi connectivity index (χ3v) is 6.38. The first-order valence-electron chi connectivity index (χ1n) is 10.5. The quantitative estimate of drug-likeness (QED) is 0.509. The molecule has 1 amide bonds. The minimum atomic E-state index is -0.388. The molecule has 1 aliphatic rings. The van der Waals surface area contributed by atoms with Gasteiger partial charge in [0.05, 0.1) is 19.3 Å². The molecule has 0 bridgehead atoms. The molecule has 0 spiro atoms. The van der Waals surface area contributed by atoms with E-state index in [2.05, 4.69) is 10.4 Å². The summed E-state index contributed by atoms with van der Waals surface area (Å²) in [4.78, 5) is 26.5.